The summed E-state index contributed by atoms with van der Waals surface area (Å²) in [6.45, 7) is 0. The van der Waals surface area contributed by atoms with Gasteiger partial charge >= 0.3 is 5.97 Å². The van der Waals surface area contributed by atoms with Crippen molar-refractivity contribution in [2.75, 3.05) is 14.2 Å². The number of benzene rings is 1. The molecule has 0 bridgehead atoms. The number of hydrogen-bond donors (Lipinski definition) is 0. The van der Waals surface area contributed by atoms with Gasteiger partial charge in [-0.05, 0) is 24.3 Å². The van der Waals surface area contributed by atoms with Gasteiger partial charge in [0.1, 0.15) is 11.3 Å². The van der Waals surface area contributed by atoms with Crippen molar-refractivity contribution in [2.24, 2.45) is 0 Å². The van der Waals surface area contributed by atoms with Crippen molar-refractivity contribution in [3.8, 4) is 5.75 Å². The van der Waals surface area contributed by atoms with E-state index >= 15 is 0 Å². The largest absolute Gasteiger partial charge is 0.497 e. The fraction of sp³-hybridized carbons (Fsp3) is 0.182. The Kier molecular flexibility index (Phi) is 2.33. The zero-order chi connectivity index (χ0) is 10.8. The molecule has 0 saturated heterocycles. The second-order valence-electron chi connectivity index (χ2n) is 3.01. The molecule has 0 aliphatic carbocycles. The summed E-state index contributed by atoms with van der Waals surface area (Å²) in [6.07, 6.45) is 0. The standard InChI is InChI=1S/C11H10O4/c1-13-8-3-4-9-7(5-8)6-10(15-9)11(12)14-2/h3-6H,1-2H3. The molecule has 2 aromatic rings. The Labute approximate surface area is 86.4 Å². The highest BCUT2D eigenvalue weighted by Gasteiger charge is 2.12. The van der Waals surface area contributed by atoms with Crippen LogP contribution >= 0.6 is 0 Å². The highest BCUT2D eigenvalue weighted by Crippen LogP contribution is 2.24. The van der Waals surface area contributed by atoms with Crippen LogP contribution in [0.1, 0.15) is 10.6 Å². The van der Waals surface area contributed by atoms with Gasteiger partial charge in [-0.2, -0.15) is 0 Å². The van der Waals surface area contributed by atoms with Gasteiger partial charge in [-0.3, -0.25) is 0 Å². The van der Waals surface area contributed by atoms with Crippen molar-refractivity contribution in [2.45, 2.75) is 0 Å². The molecule has 0 radical (unpaired) electrons. The van der Waals surface area contributed by atoms with Crippen LogP contribution in [0.5, 0.6) is 5.75 Å². The van der Waals surface area contributed by atoms with Gasteiger partial charge in [0.05, 0.1) is 14.2 Å². The first kappa shape index (κ1) is 9.58. The average molecular weight is 206 g/mol. The Bertz CT molecular complexity index is 498. The normalized spacial score (nSPS) is 10.3. The number of furan rings is 1. The van der Waals surface area contributed by atoms with Gasteiger partial charge < -0.3 is 13.9 Å². The van der Waals surface area contributed by atoms with Crippen molar-refractivity contribution in [3.63, 3.8) is 0 Å². The first-order chi connectivity index (χ1) is 7.24. The molecule has 0 aliphatic heterocycles. The summed E-state index contributed by atoms with van der Waals surface area (Å²) in [4.78, 5) is 11.2. The van der Waals surface area contributed by atoms with Gasteiger partial charge in [0, 0.05) is 5.39 Å². The summed E-state index contributed by atoms with van der Waals surface area (Å²) in [6, 6.07) is 6.95. The van der Waals surface area contributed by atoms with E-state index < -0.39 is 5.97 Å². The fourth-order valence-corrected chi connectivity index (χ4v) is 1.35. The van der Waals surface area contributed by atoms with Crippen LogP contribution < -0.4 is 4.74 Å². The fourth-order valence-electron chi connectivity index (χ4n) is 1.35. The van der Waals surface area contributed by atoms with Gasteiger partial charge in [0.25, 0.3) is 0 Å². The zero-order valence-electron chi connectivity index (χ0n) is 8.44. The van der Waals surface area contributed by atoms with Crippen LogP contribution in [-0.2, 0) is 4.74 Å². The molecule has 4 heteroatoms. The number of ether oxygens (including phenoxy) is 2. The molecule has 1 aromatic carbocycles. The highest BCUT2D eigenvalue weighted by atomic mass is 16.5. The third-order valence-electron chi connectivity index (χ3n) is 2.11. The second kappa shape index (κ2) is 3.65. The molecule has 1 aromatic heterocycles. The number of esters is 1. The minimum absolute atomic E-state index is 0.195. The Balaban J connectivity index is 2.51. The van der Waals surface area contributed by atoms with Crippen molar-refractivity contribution in [3.05, 3.63) is 30.0 Å². The molecule has 0 amide bonds. The van der Waals surface area contributed by atoms with E-state index in [0.717, 1.165) is 11.1 Å². The van der Waals surface area contributed by atoms with Gasteiger partial charge in [-0.1, -0.05) is 0 Å². The van der Waals surface area contributed by atoms with Gasteiger partial charge in [0.15, 0.2) is 0 Å². The van der Waals surface area contributed by atoms with E-state index in [-0.39, 0.29) is 5.76 Å². The lowest BCUT2D eigenvalue weighted by Crippen LogP contribution is -1.97. The topological polar surface area (TPSA) is 48.7 Å². The summed E-state index contributed by atoms with van der Waals surface area (Å²) in [5, 5.41) is 0.815. The lowest BCUT2D eigenvalue weighted by Gasteiger charge is -1.96. The predicted octanol–water partition coefficient (Wildman–Crippen LogP) is 2.23. The number of fused-ring (bicyclic) bond motifs is 1. The SMILES string of the molecule is COC(=O)c1cc2cc(OC)ccc2o1. The molecule has 0 N–H and O–H groups in total. The summed E-state index contributed by atoms with van der Waals surface area (Å²) >= 11 is 0. The van der Waals surface area contributed by atoms with E-state index in [0.29, 0.717) is 5.58 Å². The number of carbonyl (C=O) groups excluding carboxylic acids is 1. The number of carbonyl (C=O) groups is 1. The van der Waals surface area contributed by atoms with Crippen LogP contribution in [0.2, 0.25) is 0 Å². The minimum Gasteiger partial charge on any atom is -0.497 e. The predicted molar refractivity (Wildman–Crippen MR) is 54.1 cm³/mol. The molecule has 0 saturated carbocycles. The van der Waals surface area contributed by atoms with Crippen LogP contribution in [0.3, 0.4) is 0 Å². The molecule has 2 rings (SSSR count). The van der Waals surface area contributed by atoms with E-state index in [1.165, 1.54) is 7.11 Å². The zero-order valence-corrected chi connectivity index (χ0v) is 8.44. The molecule has 0 unspecified atom stereocenters. The number of hydrogen-bond acceptors (Lipinski definition) is 4. The molecule has 0 atom stereocenters. The minimum atomic E-state index is -0.481. The van der Waals surface area contributed by atoms with Gasteiger partial charge in [-0.15, -0.1) is 0 Å². The monoisotopic (exact) mass is 206 g/mol. The molecule has 4 nitrogen and oxygen atoms in total. The van der Waals surface area contributed by atoms with E-state index in [1.807, 2.05) is 0 Å². The van der Waals surface area contributed by atoms with Crippen molar-refractivity contribution in [1.29, 1.82) is 0 Å². The molecular formula is C11H10O4. The first-order valence-electron chi connectivity index (χ1n) is 4.40. The average Bonchev–Trinajstić information content (AvgIpc) is 2.70. The van der Waals surface area contributed by atoms with Gasteiger partial charge in [0.2, 0.25) is 5.76 Å². The molecule has 78 valence electrons. The van der Waals surface area contributed by atoms with E-state index in [2.05, 4.69) is 4.74 Å². The lowest BCUT2D eigenvalue weighted by atomic mass is 10.2. The van der Waals surface area contributed by atoms with E-state index in [1.54, 1.807) is 31.4 Å². The molecule has 1 heterocycles. The van der Waals surface area contributed by atoms with Gasteiger partial charge in [-0.25, -0.2) is 4.79 Å². The Morgan fingerprint density at radius 3 is 2.73 bits per heavy atom. The smallest absolute Gasteiger partial charge is 0.373 e. The van der Waals surface area contributed by atoms with Crippen molar-refractivity contribution >= 4 is 16.9 Å². The van der Waals surface area contributed by atoms with Crippen LogP contribution in [0.25, 0.3) is 11.0 Å². The molecule has 15 heavy (non-hydrogen) atoms. The Morgan fingerprint density at radius 1 is 1.27 bits per heavy atom. The third-order valence-corrected chi connectivity index (χ3v) is 2.11. The molecule has 0 fully saturated rings. The van der Waals surface area contributed by atoms with Crippen LogP contribution in [0, 0.1) is 0 Å². The summed E-state index contributed by atoms with van der Waals surface area (Å²) in [5.41, 5.74) is 0.635. The van der Waals surface area contributed by atoms with Crippen LogP contribution in [0.4, 0.5) is 0 Å². The van der Waals surface area contributed by atoms with E-state index in [4.69, 9.17) is 9.15 Å². The lowest BCUT2D eigenvalue weighted by molar-refractivity contribution is 0.0567. The molecule has 0 spiro atoms. The molecule has 0 aliphatic rings. The second-order valence-corrected chi connectivity index (χ2v) is 3.01. The third kappa shape index (κ3) is 1.66. The van der Waals surface area contributed by atoms with Crippen LogP contribution in [-0.4, -0.2) is 20.2 Å². The number of rotatable bonds is 2. The first-order valence-corrected chi connectivity index (χ1v) is 4.40. The molecular weight excluding hydrogens is 196 g/mol. The van der Waals surface area contributed by atoms with Crippen molar-refractivity contribution in [1.82, 2.24) is 0 Å². The van der Waals surface area contributed by atoms with E-state index in [9.17, 15) is 4.79 Å². The quantitative estimate of drug-likeness (QED) is 0.707. The van der Waals surface area contributed by atoms with Crippen LogP contribution in [0.15, 0.2) is 28.7 Å². The summed E-state index contributed by atoms with van der Waals surface area (Å²) < 4.78 is 14.9. The maximum absolute atomic E-state index is 11.2. The highest BCUT2D eigenvalue weighted by molar-refractivity contribution is 5.92. The summed E-state index contributed by atoms with van der Waals surface area (Å²) in [7, 11) is 2.90. The number of methoxy groups -OCH3 is 2. The maximum atomic E-state index is 11.2. The Hall–Kier alpha value is -1.97. The Morgan fingerprint density at radius 2 is 2.07 bits per heavy atom. The summed E-state index contributed by atoms with van der Waals surface area (Å²) in [5.74, 6) is 0.436. The van der Waals surface area contributed by atoms with Crippen molar-refractivity contribution < 1.29 is 18.7 Å². The maximum Gasteiger partial charge on any atom is 0.373 e.